The normalized spacial score (nSPS) is 17.3. The van der Waals surface area contributed by atoms with Crippen LogP contribution >= 0.6 is 11.6 Å². The van der Waals surface area contributed by atoms with Gasteiger partial charge in [-0.05, 0) is 60.7 Å². The Bertz CT molecular complexity index is 1510. The summed E-state index contributed by atoms with van der Waals surface area (Å²) in [6.07, 6.45) is 4.04. The minimum atomic E-state index is -1.31. The monoisotopic (exact) mass is 544 g/mol. The number of hydrogen-bond acceptors (Lipinski definition) is 4. The molecule has 1 fully saturated rings. The van der Waals surface area contributed by atoms with Gasteiger partial charge in [-0.15, -0.1) is 0 Å². The van der Waals surface area contributed by atoms with Crippen molar-refractivity contribution >= 4 is 28.4 Å². The molecule has 0 bridgehead atoms. The van der Waals surface area contributed by atoms with Crippen molar-refractivity contribution in [2.45, 2.75) is 37.8 Å². The zero-order valence-electron chi connectivity index (χ0n) is 21.7. The van der Waals surface area contributed by atoms with Crippen LogP contribution in [0.3, 0.4) is 0 Å². The highest BCUT2D eigenvalue weighted by atomic mass is 35.5. The van der Waals surface area contributed by atoms with Gasteiger partial charge in [-0.25, -0.2) is 4.39 Å². The fourth-order valence-electron chi connectivity index (χ4n) is 5.80. The number of halogens is 2. The number of piperidine rings is 1. The quantitative estimate of drug-likeness (QED) is 0.278. The lowest BCUT2D eigenvalue weighted by Crippen LogP contribution is -2.48. The van der Waals surface area contributed by atoms with Crippen LogP contribution < -0.4 is 5.73 Å². The number of aromatic nitrogens is 1. The number of likely N-dealkylation sites (tertiary alicyclic amines) is 1. The molecule has 1 saturated heterocycles. The van der Waals surface area contributed by atoms with E-state index >= 15 is 0 Å². The third kappa shape index (κ3) is 5.29. The summed E-state index contributed by atoms with van der Waals surface area (Å²) in [6, 6.07) is 19.9. The Morgan fingerprint density at radius 3 is 2.77 bits per heavy atom. The maximum absolute atomic E-state index is 14.8. The highest BCUT2D eigenvalue weighted by Gasteiger charge is 2.43. The SMILES string of the molecule is [CH2]CCC(O)(c1cccc(Cl)c1-c1cnc2ccccc2c1)C1CCCN(C(=O)c2ccc(CN)cc2F)C1. The predicted octanol–water partition coefficient (Wildman–Crippen LogP) is 6.51. The van der Waals surface area contributed by atoms with Crippen LogP contribution in [0.4, 0.5) is 4.39 Å². The van der Waals surface area contributed by atoms with E-state index in [2.05, 4.69) is 11.9 Å². The standard InChI is InChI=1S/C32H32ClFN3O2/c1-2-14-32(39,24-8-6-15-37(20-24)31(38)25-13-12-21(18-35)16-28(25)34)26-9-5-10-27(33)30(26)23-17-22-7-3-4-11-29(22)36-19-23/h3-5,7,9-13,16-17,19,24,39H,1-2,6,8,14-15,18,20,35H2. The van der Waals surface area contributed by atoms with E-state index in [0.29, 0.717) is 48.4 Å². The Balaban J connectivity index is 1.53. The van der Waals surface area contributed by atoms with Crippen molar-refractivity contribution in [1.82, 2.24) is 9.88 Å². The van der Waals surface area contributed by atoms with E-state index in [1.54, 1.807) is 17.2 Å². The average Bonchev–Trinajstić information content (AvgIpc) is 2.96. The van der Waals surface area contributed by atoms with Gasteiger partial charge >= 0.3 is 0 Å². The summed E-state index contributed by atoms with van der Waals surface area (Å²) in [5.41, 5.74) is 8.04. The number of fused-ring (bicyclic) bond motifs is 1. The number of carbonyl (C=O) groups is 1. The molecule has 1 amide bonds. The number of hydrogen-bond donors (Lipinski definition) is 2. The van der Waals surface area contributed by atoms with Crippen LogP contribution in [-0.4, -0.2) is 34.0 Å². The van der Waals surface area contributed by atoms with Gasteiger partial charge in [0.2, 0.25) is 0 Å². The van der Waals surface area contributed by atoms with Crippen LogP contribution in [0.25, 0.3) is 22.0 Å². The number of nitrogens with zero attached hydrogens (tertiary/aromatic N) is 2. The number of carbonyl (C=O) groups excluding carboxylic acids is 1. The average molecular weight is 545 g/mol. The molecule has 0 aliphatic carbocycles. The molecular formula is C32H32ClFN3O2. The molecule has 0 spiro atoms. The van der Waals surface area contributed by atoms with E-state index in [9.17, 15) is 14.3 Å². The molecule has 2 heterocycles. The first-order valence-electron chi connectivity index (χ1n) is 13.3. The summed E-state index contributed by atoms with van der Waals surface area (Å²) in [7, 11) is 0. The number of aliphatic hydroxyl groups is 1. The van der Waals surface area contributed by atoms with Gasteiger partial charge in [0.25, 0.3) is 5.91 Å². The Labute approximate surface area is 233 Å². The summed E-state index contributed by atoms with van der Waals surface area (Å²) in [5.74, 6) is -1.27. The van der Waals surface area contributed by atoms with Crippen LogP contribution in [0.2, 0.25) is 5.02 Å². The largest absolute Gasteiger partial charge is 0.385 e. The molecule has 1 aromatic heterocycles. The third-order valence-electron chi connectivity index (χ3n) is 7.80. The van der Waals surface area contributed by atoms with Crippen molar-refractivity contribution in [3.05, 3.63) is 107 Å². The Morgan fingerprint density at radius 2 is 2.00 bits per heavy atom. The van der Waals surface area contributed by atoms with Crippen LogP contribution in [-0.2, 0) is 12.1 Å². The molecular weight excluding hydrogens is 513 g/mol. The smallest absolute Gasteiger partial charge is 0.256 e. The van der Waals surface area contributed by atoms with Crippen molar-refractivity contribution in [1.29, 1.82) is 0 Å². The summed E-state index contributed by atoms with van der Waals surface area (Å²) < 4.78 is 14.8. The molecule has 2 atom stereocenters. The molecule has 5 nitrogen and oxygen atoms in total. The minimum Gasteiger partial charge on any atom is -0.385 e. The molecule has 1 aliphatic rings. The topological polar surface area (TPSA) is 79.5 Å². The molecule has 0 saturated carbocycles. The molecule has 3 N–H and O–H groups in total. The molecule has 1 aliphatic heterocycles. The van der Waals surface area contributed by atoms with E-state index in [1.165, 1.54) is 12.1 Å². The zero-order valence-corrected chi connectivity index (χ0v) is 22.5. The fraction of sp³-hybridized carbons (Fsp3) is 0.281. The van der Waals surface area contributed by atoms with E-state index in [0.717, 1.165) is 22.0 Å². The second-order valence-corrected chi connectivity index (χ2v) is 10.6. The number of pyridine rings is 1. The van der Waals surface area contributed by atoms with E-state index in [4.69, 9.17) is 17.3 Å². The zero-order chi connectivity index (χ0) is 27.6. The summed E-state index contributed by atoms with van der Waals surface area (Å²) in [6.45, 7) is 5.02. The molecule has 4 aromatic rings. The summed E-state index contributed by atoms with van der Waals surface area (Å²) in [4.78, 5) is 19.6. The third-order valence-corrected chi connectivity index (χ3v) is 8.12. The van der Waals surface area contributed by atoms with Crippen LogP contribution in [0.15, 0.2) is 72.9 Å². The Kier molecular flexibility index (Phi) is 7.98. The predicted molar refractivity (Wildman–Crippen MR) is 154 cm³/mol. The van der Waals surface area contributed by atoms with Gasteiger partial charge < -0.3 is 15.7 Å². The fourth-order valence-corrected chi connectivity index (χ4v) is 6.08. The van der Waals surface area contributed by atoms with Crippen LogP contribution in [0, 0.1) is 18.7 Å². The van der Waals surface area contributed by atoms with Crippen LogP contribution in [0.1, 0.15) is 47.2 Å². The van der Waals surface area contributed by atoms with Crippen molar-refractivity contribution in [3.63, 3.8) is 0 Å². The van der Waals surface area contributed by atoms with E-state index in [-0.39, 0.29) is 30.5 Å². The number of rotatable bonds is 7. The Hall–Kier alpha value is -3.32. The van der Waals surface area contributed by atoms with Gasteiger partial charge in [-0.2, -0.15) is 0 Å². The molecule has 5 rings (SSSR count). The molecule has 7 heteroatoms. The summed E-state index contributed by atoms with van der Waals surface area (Å²) >= 11 is 6.79. The van der Waals surface area contributed by atoms with Crippen molar-refractivity contribution in [2.75, 3.05) is 13.1 Å². The highest BCUT2D eigenvalue weighted by molar-refractivity contribution is 6.33. The number of nitrogens with two attached hydrogens (primary N) is 1. The lowest BCUT2D eigenvalue weighted by Gasteiger charge is -2.43. The first kappa shape index (κ1) is 27.3. The minimum absolute atomic E-state index is 0.0132. The van der Waals surface area contributed by atoms with E-state index < -0.39 is 11.4 Å². The second-order valence-electron chi connectivity index (χ2n) is 10.2. The number of amides is 1. The van der Waals surface area contributed by atoms with Gasteiger partial charge in [-0.1, -0.05) is 61.3 Å². The molecule has 3 aromatic carbocycles. The van der Waals surface area contributed by atoms with Gasteiger partial charge in [0.15, 0.2) is 0 Å². The van der Waals surface area contributed by atoms with E-state index in [1.807, 2.05) is 48.5 Å². The van der Waals surface area contributed by atoms with Crippen molar-refractivity contribution in [3.8, 4) is 11.1 Å². The maximum Gasteiger partial charge on any atom is 0.256 e. The van der Waals surface area contributed by atoms with Gasteiger partial charge in [0.05, 0.1) is 16.7 Å². The van der Waals surface area contributed by atoms with Crippen molar-refractivity contribution in [2.24, 2.45) is 11.7 Å². The maximum atomic E-state index is 14.8. The summed E-state index contributed by atoms with van der Waals surface area (Å²) in [5, 5.41) is 13.9. The molecule has 39 heavy (non-hydrogen) atoms. The van der Waals surface area contributed by atoms with Crippen molar-refractivity contribution < 1.29 is 14.3 Å². The highest BCUT2D eigenvalue weighted by Crippen LogP contribution is 2.45. The van der Waals surface area contributed by atoms with Gasteiger partial charge in [-0.3, -0.25) is 9.78 Å². The molecule has 1 radical (unpaired) electrons. The number of benzene rings is 3. The molecule has 2 unspecified atom stereocenters. The first-order chi connectivity index (χ1) is 18.9. The second kappa shape index (κ2) is 11.4. The molecule has 201 valence electrons. The van der Waals surface area contributed by atoms with Gasteiger partial charge in [0, 0.05) is 53.3 Å². The van der Waals surface area contributed by atoms with Crippen LogP contribution in [0.5, 0.6) is 0 Å². The Morgan fingerprint density at radius 1 is 1.18 bits per heavy atom. The lowest BCUT2D eigenvalue weighted by molar-refractivity contribution is -0.0546. The first-order valence-corrected chi connectivity index (χ1v) is 13.7. The lowest BCUT2D eigenvalue weighted by atomic mass is 9.72. The van der Waals surface area contributed by atoms with Gasteiger partial charge in [0.1, 0.15) is 5.82 Å². The number of para-hydroxylation sites is 1.